The molecule has 8 heteroatoms. The average molecular weight is 299 g/mol. The number of aliphatic imine (C=N–C) groups is 1. The molecular formula is C10H7Cl2F3N2O. The van der Waals surface area contributed by atoms with E-state index in [4.69, 9.17) is 33.7 Å². The summed E-state index contributed by atoms with van der Waals surface area (Å²) in [7, 11) is 0. The Balaban J connectivity index is 2.55. The Bertz CT molecular complexity index is 517. The minimum absolute atomic E-state index is 0.0281. The van der Waals surface area contributed by atoms with Crippen LogP contribution in [0.25, 0.3) is 0 Å². The maximum Gasteiger partial charge on any atom is 0.416 e. The van der Waals surface area contributed by atoms with Gasteiger partial charge in [0.05, 0.1) is 15.6 Å². The molecule has 18 heavy (non-hydrogen) atoms. The molecule has 1 aliphatic rings. The highest BCUT2D eigenvalue weighted by atomic mass is 35.5. The lowest BCUT2D eigenvalue weighted by atomic mass is 10.0. The number of rotatable bonds is 1. The lowest BCUT2D eigenvalue weighted by Crippen LogP contribution is -2.12. The zero-order chi connectivity index (χ0) is 13.5. The number of nitrogens with zero attached hydrogens (tertiary/aromatic N) is 1. The van der Waals surface area contributed by atoms with Gasteiger partial charge in [0.15, 0.2) is 0 Å². The summed E-state index contributed by atoms with van der Waals surface area (Å²) in [5.74, 6) is 0. The molecule has 0 aromatic heterocycles. The van der Waals surface area contributed by atoms with Crippen molar-refractivity contribution in [3.05, 3.63) is 33.3 Å². The second-order valence-corrected chi connectivity index (χ2v) is 4.46. The van der Waals surface area contributed by atoms with Crippen molar-refractivity contribution in [2.75, 3.05) is 6.61 Å². The van der Waals surface area contributed by atoms with Crippen LogP contribution in [0.15, 0.2) is 17.1 Å². The highest BCUT2D eigenvalue weighted by Crippen LogP contribution is 2.40. The summed E-state index contributed by atoms with van der Waals surface area (Å²) in [4.78, 5) is 3.77. The molecule has 0 spiro atoms. The first-order chi connectivity index (χ1) is 8.29. The van der Waals surface area contributed by atoms with E-state index in [1.165, 1.54) is 0 Å². The zero-order valence-electron chi connectivity index (χ0n) is 8.76. The van der Waals surface area contributed by atoms with Crippen molar-refractivity contribution in [2.45, 2.75) is 12.2 Å². The molecule has 0 radical (unpaired) electrons. The van der Waals surface area contributed by atoms with E-state index in [0.717, 1.165) is 12.1 Å². The molecule has 0 fully saturated rings. The van der Waals surface area contributed by atoms with E-state index in [1.807, 2.05) is 0 Å². The maximum atomic E-state index is 12.9. The summed E-state index contributed by atoms with van der Waals surface area (Å²) >= 11 is 11.3. The van der Waals surface area contributed by atoms with Crippen LogP contribution in [0.5, 0.6) is 0 Å². The van der Waals surface area contributed by atoms with Crippen molar-refractivity contribution in [1.82, 2.24) is 0 Å². The average Bonchev–Trinajstić information content (AvgIpc) is 2.67. The number of hydrogen-bond donors (Lipinski definition) is 1. The third kappa shape index (κ3) is 2.49. The Morgan fingerprint density at radius 1 is 1.28 bits per heavy atom. The van der Waals surface area contributed by atoms with Crippen molar-refractivity contribution in [3.63, 3.8) is 0 Å². The number of halogens is 5. The first kappa shape index (κ1) is 13.3. The summed E-state index contributed by atoms with van der Waals surface area (Å²) in [5.41, 5.74) is 4.29. The van der Waals surface area contributed by atoms with Gasteiger partial charge in [0.25, 0.3) is 6.02 Å². The number of nitrogens with two attached hydrogens (primary N) is 1. The molecular weight excluding hydrogens is 292 g/mol. The predicted octanol–water partition coefficient (Wildman–Crippen LogP) is 3.40. The fourth-order valence-electron chi connectivity index (χ4n) is 1.64. The minimum atomic E-state index is -4.55. The largest absolute Gasteiger partial charge is 0.463 e. The Morgan fingerprint density at radius 3 is 2.39 bits per heavy atom. The molecule has 2 N–H and O–H groups in total. The zero-order valence-corrected chi connectivity index (χ0v) is 10.3. The summed E-state index contributed by atoms with van der Waals surface area (Å²) in [6.45, 7) is -0.0487. The van der Waals surface area contributed by atoms with Crippen molar-refractivity contribution >= 4 is 29.2 Å². The van der Waals surface area contributed by atoms with Gasteiger partial charge in [-0.3, -0.25) is 0 Å². The van der Waals surface area contributed by atoms with E-state index in [2.05, 4.69) is 4.99 Å². The van der Waals surface area contributed by atoms with E-state index in [9.17, 15) is 13.2 Å². The van der Waals surface area contributed by atoms with Crippen LogP contribution in [0, 0.1) is 0 Å². The number of alkyl halides is 3. The Labute approximate surface area is 110 Å². The van der Waals surface area contributed by atoms with Gasteiger partial charge >= 0.3 is 6.18 Å². The Kier molecular flexibility index (Phi) is 3.33. The lowest BCUT2D eigenvalue weighted by molar-refractivity contribution is -0.138. The van der Waals surface area contributed by atoms with Crippen molar-refractivity contribution in [3.8, 4) is 0 Å². The predicted molar refractivity (Wildman–Crippen MR) is 61.8 cm³/mol. The molecule has 1 atom stereocenters. The highest BCUT2D eigenvalue weighted by molar-refractivity contribution is 6.42. The van der Waals surface area contributed by atoms with Gasteiger partial charge in [0, 0.05) is 0 Å². The molecule has 0 bridgehead atoms. The molecule has 1 aromatic rings. The van der Waals surface area contributed by atoms with Gasteiger partial charge in [-0.15, -0.1) is 0 Å². The van der Waals surface area contributed by atoms with Crippen LogP contribution in [0.2, 0.25) is 10.0 Å². The lowest BCUT2D eigenvalue weighted by Gasteiger charge is -2.16. The standard InChI is InChI=1S/C10H7Cl2F3N2O/c11-6-1-4(8-3-18-9(16)17-8)5(2-7(6)12)10(13,14)15/h1-2,8H,3H2,(H2,16,17)/t8-/m1/s1. The Hall–Kier alpha value is -1.14. The second kappa shape index (κ2) is 4.51. The molecule has 2 rings (SSSR count). The quantitative estimate of drug-likeness (QED) is 0.864. The van der Waals surface area contributed by atoms with E-state index in [-0.39, 0.29) is 28.2 Å². The number of amidine groups is 1. The van der Waals surface area contributed by atoms with Crippen molar-refractivity contribution in [1.29, 1.82) is 0 Å². The fourth-order valence-corrected chi connectivity index (χ4v) is 1.97. The normalized spacial score (nSPS) is 19.6. The Morgan fingerprint density at radius 2 is 1.89 bits per heavy atom. The highest BCUT2D eigenvalue weighted by Gasteiger charge is 2.37. The van der Waals surface area contributed by atoms with E-state index >= 15 is 0 Å². The molecule has 1 aromatic carbocycles. The van der Waals surface area contributed by atoms with Gasteiger partial charge in [0.1, 0.15) is 12.6 Å². The minimum Gasteiger partial charge on any atom is -0.463 e. The van der Waals surface area contributed by atoms with Crippen LogP contribution in [0.4, 0.5) is 13.2 Å². The van der Waals surface area contributed by atoms with Crippen LogP contribution >= 0.6 is 23.2 Å². The molecule has 1 aliphatic heterocycles. The van der Waals surface area contributed by atoms with E-state index < -0.39 is 17.8 Å². The van der Waals surface area contributed by atoms with Crippen molar-refractivity contribution < 1.29 is 17.9 Å². The molecule has 98 valence electrons. The van der Waals surface area contributed by atoms with Crippen LogP contribution in [-0.2, 0) is 10.9 Å². The van der Waals surface area contributed by atoms with Crippen LogP contribution < -0.4 is 5.73 Å². The molecule has 1 heterocycles. The number of hydrogen-bond acceptors (Lipinski definition) is 3. The first-order valence-corrected chi connectivity index (χ1v) is 5.57. The summed E-state index contributed by atoms with van der Waals surface area (Å²) in [6.07, 6.45) is -4.55. The second-order valence-electron chi connectivity index (χ2n) is 3.65. The summed E-state index contributed by atoms with van der Waals surface area (Å²) in [5, 5.41) is -0.135. The van der Waals surface area contributed by atoms with Crippen LogP contribution in [0.3, 0.4) is 0 Å². The van der Waals surface area contributed by atoms with Crippen molar-refractivity contribution in [2.24, 2.45) is 10.7 Å². The van der Waals surface area contributed by atoms with Gasteiger partial charge in [0.2, 0.25) is 0 Å². The summed E-state index contributed by atoms with van der Waals surface area (Å²) < 4.78 is 43.5. The molecule has 0 saturated heterocycles. The molecule has 0 saturated carbocycles. The number of benzene rings is 1. The fraction of sp³-hybridized carbons (Fsp3) is 0.300. The summed E-state index contributed by atoms with van der Waals surface area (Å²) in [6, 6.07) is 0.960. The topological polar surface area (TPSA) is 47.6 Å². The molecule has 0 unspecified atom stereocenters. The van der Waals surface area contributed by atoms with Gasteiger partial charge in [-0.2, -0.15) is 13.2 Å². The monoisotopic (exact) mass is 298 g/mol. The SMILES string of the molecule is NC1=N[C@@H](c2cc(Cl)c(Cl)cc2C(F)(F)F)CO1. The first-order valence-electron chi connectivity index (χ1n) is 4.81. The van der Waals surface area contributed by atoms with Gasteiger partial charge in [-0.1, -0.05) is 23.2 Å². The molecule has 3 nitrogen and oxygen atoms in total. The molecule has 0 aliphatic carbocycles. The van der Waals surface area contributed by atoms with Crippen LogP contribution in [0.1, 0.15) is 17.2 Å². The maximum absolute atomic E-state index is 12.9. The van der Waals surface area contributed by atoms with Gasteiger partial charge < -0.3 is 10.5 Å². The van der Waals surface area contributed by atoms with Gasteiger partial charge in [-0.25, -0.2) is 4.99 Å². The van der Waals surface area contributed by atoms with Gasteiger partial charge in [-0.05, 0) is 17.7 Å². The number of ether oxygens (including phenoxy) is 1. The molecule has 0 amide bonds. The third-order valence-corrected chi connectivity index (χ3v) is 3.15. The smallest absolute Gasteiger partial charge is 0.416 e. The third-order valence-electron chi connectivity index (χ3n) is 2.43. The van der Waals surface area contributed by atoms with E-state index in [1.54, 1.807) is 0 Å². The van der Waals surface area contributed by atoms with E-state index in [0.29, 0.717) is 0 Å². The van der Waals surface area contributed by atoms with Crippen LogP contribution in [-0.4, -0.2) is 12.6 Å².